The van der Waals surface area contributed by atoms with Gasteiger partial charge in [0.05, 0.1) is 12.6 Å². The molecule has 0 aromatic heterocycles. The molecule has 0 bridgehead atoms. The predicted octanol–water partition coefficient (Wildman–Crippen LogP) is -0.722. The Kier molecular flexibility index (Phi) is 6.67. The molecule has 0 rings (SSSR count). The fourth-order valence-electron chi connectivity index (χ4n) is 1.42. The van der Waals surface area contributed by atoms with Crippen LogP contribution in [0.5, 0.6) is 0 Å². The van der Waals surface area contributed by atoms with E-state index in [2.05, 4.69) is 5.32 Å². The molecule has 6 heteroatoms. The minimum Gasteiger partial charge on any atom is -0.480 e. The van der Waals surface area contributed by atoms with Gasteiger partial charge >= 0.3 is 5.97 Å². The number of amides is 1. The Labute approximate surface area is 95.2 Å². The molecule has 0 radical (unpaired) electrons. The minimum absolute atomic E-state index is 0.314. The molecule has 0 saturated carbocycles. The molecule has 0 aliphatic rings. The van der Waals surface area contributed by atoms with Crippen LogP contribution in [0.15, 0.2) is 0 Å². The normalized spacial score (nSPS) is 14.2. The molecule has 0 aromatic carbocycles. The van der Waals surface area contributed by atoms with E-state index in [1.54, 1.807) is 0 Å². The maximum absolute atomic E-state index is 11.9. The second-order valence-electron chi connectivity index (χ2n) is 3.50. The van der Waals surface area contributed by atoms with Crippen LogP contribution in [0.25, 0.3) is 0 Å². The molecule has 0 unspecified atom stereocenters. The molecule has 0 fully saturated rings. The van der Waals surface area contributed by atoms with Crippen LogP contribution in [-0.4, -0.2) is 59.3 Å². The predicted molar refractivity (Wildman–Crippen MR) is 59.0 cm³/mol. The summed E-state index contributed by atoms with van der Waals surface area (Å²) in [6.45, 7) is 3.76. The molecular weight excluding hydrogens is 212 g/mol. The molecule has 1 amide bonds. The standard InChI is InChI=1S/C10H20N2O4/c1-4-7(11-5-2)9(14)12(3)8(6-13)10(15)16/h7-8,11,13H,4-6H2,1-3H3,(H,15,16)/t7-,8-/m0/s1. The number of aliphatic hydroxyl groups excluding tert-OH is 1. The highest BCUT2D eigenvalue weighted by molar-refractivity contribution is 5.86. The number of carbonyl (C=O) groups is 2. The molecule has 94 valence electrons. The van der Waals surface area contributed by atoms with Crippen LogP contribution in [-0.2, 0) is 9.59 Å². The van der Waals surface area contributed by atoms with Gasteiger partial charge < -0.3 is 20.4 Å². The van der Waals surface area contributed by atoms with Gasteiger partial charge in [-0.3, -0.25) is 4.79 Å². The Morgan fingerprint density at radius 1 is 1.38 bits per heavy atom. The van der Waals surface area contributed by atoms with E-state index in [9.17, 15) is 9.59 Å². The molecule has 16 heavy (non-hydrogen) atoms. The molecule has 2 atom stereocenters. The van der Waals surface area contributed by atoms with Gasteiger partial charge in [-0.25, -0.2) is 4.79 Å². The smallest absolute Gasteiger partial charge is 0.328 e. The summed E-state index contributed by atoms with van der Waals surface area (Å²) >= 11 is 0. The molecular formula is C10H20N2O4. The maximum Gasteiger partial charge on any atom is 0.328 e. The molecule has 0 aliphatic heterocycles. The number of hydrogen-bond donors (Lipinski definition) is 3. The third kappa shape index (κ3) is 3.79. The highest BCUT2D eigenvalue weighted by Crippen LogP contribution is 2.03. The van der Waals surface area contributed by atoms with Crippen LogP contribution in [0.2, 0.25) is 0 Å². The van der Waals surface area contributed by atoms with Gasteiger partial charge in [0, 0.05) is 7.05 Å². The third-order valence-corrected chi connectivity index (χ3v) is 2.43. The number of carbonyl (C=O) groups excluding carboxylic acids is 1. The van der Waals surface area contributed by atoms with Gasteiger partial charge in [0.1, 0.15) is 0 Å². The lowest BCUT2D eigenvalue weighted by molar-refractivity contribution is -0.151. The van der Waals surface area contributed by atoms with Crippen molar-refractivity contribution in [1.82, 2.24) is 10.2 Å². The highest BCUT2D eigenvalue weighted by atomic mass is 16.4. The molecule has 3 N–H and O–H groups in total. The van der Waals surface area contributed by atoms with Crippen LogP contribution >= 0.6 is 0 Å². The lowest BCUT2D eigenvalue weighted by atomic mass is 10.1. The van der Waals surface area contributed by atoms with Crippen LogP contribution in [0.4, 0.5) is 0 Å². The summed E-state index contributed by atoms with van der Waals surface area (Å²) < 4.78 is 0. The van der Waals surface area contributed by atoms with Crippen molar-refractivity contribution in [3.05, 3.63) is 0 Å². The third-order valence-electron chi connectivity index (χ3n) is 2.43. The zero-order chi connectivity index (χ0) is 12.7. The first-order chi connectivity index (χ1) is 7.49. The van der Waals surface area contributed by atoms with Gasteiger partial charge in [0.2, 0.25) is 5.91 Å². The Morgan fingerprint density at radius 2 is 1.94 bits per heavy atom. The fraction of sp³-hybridized carbons (Fsp3) is 0.800. The van der Waals surface area contributed by atoms with Gasteiger partial charge in [-0.15, -0.1) is 0 Å². The SMILES string of the molecule is CCN[C@@H](CC)C(=O)N(C)[C@@H](CO)C(=O)O. The molecule has 0 saturated heterocycles. The Balaban J connectivity index is 4.61. The minimum atomic E-state index is -1.20. The summed E-state index contributed by atoms with van der Waals surface area (Å²) in [5.74, 6) is -1.52. The molecule has 0 heterocycles. The van der Waals surface area contributed by atoms with Crippen molar-refractivity contribution in [1.29, 1.82) is 0 Å². The average molecular weight is 232 g/mol. The average Bonchev–Trinajstić information content (AvgIpc) is 2.25. The van der Waals surface area contributed by atoms with Crippen molar-refractivity contribution in [2.24, 2.45) is 0 Å². The number of nitrogens with one attached hydrogen (secondary N) is 1. The molecule has 0 spiro atoms. The first-order valence-electron chi connectivity index (χ1n) is 5.33. The Morgan fingerprint density at radius 3 is 2.25 bits per heavy atom. The highest BCUT2D eigenvalue weighted by Gasteiger charge is 2.29. The van der Waals surface area contributed by atoms with Gasteiger partial charge in [-0.05, 0) is 13.0 Å². The van der Waals surface area contributed by atoms with E-state index in [1.807, 2.05) is 13.8 Å². The summed E-state index contributed by atoms with van der Waals surface area (Å²) in [7, 11) is 1.39. The van der Waals surface area contributed by atoms with Gasteiger partial charge in [-0.1, -0.05) is 13.8 Å². The van der Waals surface area contributed by atoms with Gasteiger partial charge in [0.25, 0.3) is 0 Å². The number of carboxylic acids is 1. The summed E-state index contributed by atoms with van der Waals surface area (Å²) in [5.41, 5.74) is 0. The Hall–Kier alpha value is -1.14. The van der Waals surface area contributed by atoms with Crippen molar-refractivity contribution in [3.63, 3.8) is 0 Å². The summed E-state index contributed by atoms with van der Waals surface area (Å²) in [4.78, 5) is 23.7. The number of likely N-dealkylation sites (N-methyl/N-ethyl adjacent to an activating group) is 2. The monoisotopic (exact) mass is 232 g/mol. The first-order valence-corrected chi connectivity index (χ1v) is 5.33. The van der Waals surface area contributed by atoms with Gasteiger partial charge in [-0.2, -0.15) is 0 Å². The van der Waals surface area contributed by atoms with Gasteiger partial charge in [0.15, 0.2) is 6.04 Å². The second kappa shape index (κ2) is 7.19. The number of hydrogen-bond acceptors (Lipinski definition) is 4. The van der Waals surface area contributed by atoms with Crippen LogP contribution in [0, 0.1) is 0 Å². The molecule has 6 nitrogen and oxygen atoms in total. The quantitative estimate of drug-likeness (QED) is 0.539. The maximum atomic E-state index is 11.9. The largest absolute Gasteiger partial charge is 0.480 e. The zero-order valence-corrected chi connectivity index (χ0v) is 9.93. The summed E-state index contributed by atoms with van der Waals surface area (Å²) in [6.07, 6.45) is 0.578. The van der Waals surface area contributed by atoms with Crippen molar-refractivity contribution < 1.29 is 19.8 Å². The number of rotatable bonds is 7. The van der Waals surface area contributed by atoms with E-state index in [4.69, 9.17) is 10.2 Å². The number of aliphatic carboxylic acids is 1. The topological polar surface area (TPSA) is 89.9 Å². The van der Waals surface area contributed by atoms with E-state index in [1.165, 1.54) is 7.05 Å². The zero-order valence-electron chi connectivity index (χ0n) is 9.93. The van der Waals surface area contributed by atoms with Crippen LogP contribution in [0.1, 0.15) is 20.3 Å². The van der Waals surface area contributed by atoms with Crippen molar-refractivity contribution in [2.75, 3.05) is 20.2 Å². The number of nitrogens with zero attached hydrogens (tertiary/aromatic N) is 1. The summed E-state index contributed by atoms with van der Waals surface area (Å²) in [5, 5.41) is 20.7. The van der Waals surface area contributed by atoms with E-state index >= 15 is 0 Å². The van der Waals surface area contributed by atoms with Crippen molar-refractivity contribution in [3.8, 4) is 0 Å². The van der Waals surface area contributed by atoms with E-state index in [0.29, 0.717) is 13.0 Å². The number of carboxylic acid groups (broad SMARTS) is 1. The van der Waals surface area contributed by atoms with Crippen molar-refractivity contribution in [2.45, 2.75) is 32.4 Å². The first kappa shape index (κ1) is 14.9. The Bertz CT molecular complexity index is 245. The van der Waals surface area contributed by atoms with E-state index in [-0.39, 0.29) is 5.91 Å². The van der Waals surface area contributed by atoms with Crippen molar-refractivity contribution >= 4 is 11.9 Å². The van der Waals surface area contributed by atoms with E-state index < -0.39 is 24.7 Å². The fourth-order valence-corrected chi connectivity index (χ4v) is 1.42. The van der Waals surface area contributed by atoms with Crippen LogP contribution in [0.3, 0.4) is 0 Å². The lowest BCUT2D eigenvalue weighted by Gasteiger charge is -2.27. The molecule has 0 aromatic rings. The lowest BCUT2D eigenvalue weighted by Crippen LogP contribution is -2.52. The van der Waals surface area contributed by atoms with E-state index in [0.717, 1.165) is 4.90 Å². The summed E-state index contributed by atoms with van der Waals surface area (Å²) in [6, 6.07) is -1.58. The number of aliphatic hydroxyl groups is 1. The molecule has 0 aliphatic carbocycles. The van der Waals surface area contributed by atoms with Crippen LogP contribution < -0.4 is 5.32 Å². The second-order valence-corrected chi connectivity index (χ2v) is 3.50.